The smallest absolute Gasteiger partial charge is 0.335 e. The lowest BCUT2D eigenvalue weighted by atomic mass is 9.95. The third kappa shape index (κ3) is 21.3. The summed E-state index contributed by atoms with van der Waals surface area (Å²) in [5.74, 6) is 0.185. The third-order valence-corrected chi connectivity index (χ3v) is 8.82. The molecule has 1 heterocycles. The molecule has 37 heavy (non-hydrogen) atoms. The minimum Gasteiger partial charge on any atom is -0.335 e. The fourth-order valence-electron chi connectivity index (χ4n) is 5.36. The zero-order valence-electron chi connectivity index (χ0n) is 24.5. The van der Waals surface area contributed by atoms with Crippen LogP contribution in [0.4, 0.5) is 0 Å². The van der Waals surface area contributed by atoms with Crippen LogP contribution >= 0.6 is 7.82 Å². The summed E-state index contributed by atoms with van der Waals surface area (Å²) in [5, 5.41) is 0. The van der Waals surface area contributed by atoms with Crippen LogP contribution in [-0.2, 0) is 18.4 Å². The van der Waals surface area contributed by atoms with Gasteiger partial charge >= 0.3 is 7.82 Å². The third-order valence-electron chi connectivity index (χ3n) is 7.84. The molecule has 0 amide bonds. The summed E-state index contributed by atoms with van der Waals surface area (Å²) in [6.45, 7) is 8.12. The number of phosphoric acid groups is 1. The molecular weight excluding hydrogens is 485 g/mol. The van der Waals surface area contributed by atoms with Crippen molar-refractivity contribution in [2.45, 2.75) is 149 Å². The van der Waals surface area contributed by atoms with Gasteiger partial charge in [-0.25, -0.2) is 4.57 Å². The summed E-state index contributed by atoms with van der Waals surface area (Å²) in [6.07, 6.45) is 24.6. The predicted octanol–water partition coefficient (Wildman–Crippen LogP) is 7.44. The van der Waals surface area contributed by atoms with E-state index in [9.17, 15) is 14.3 Å². The molecule has 0 radical (unpaired) electrons. The van der Waals surface area contributed by atoms with Crippen molar-refractivity contribution in [3.63, 3.8) is 0 Å². The van der Waals surface area contributed by atoms with Crippen molar-refractivity contribution in [1.29, 1.82) is 0 Å². The molecule has 1 aliphatic heterocycles. The van der Waals surface area contributed by atoms with Gasteiger partial charge < -0.3 is 9.79 Å². The summed E-state index contributed by atoms with van der Waals surface area (Å²) in [6, 6.07) is 0. The van der Waals surface area contributed by atoms with E-state index in [1.807, 2.05) is 6.92 Å². The molecule has 1 saturated heterocycles. The second-order valence-corrected chi connectivity index (χ2v) is 12.8. The van der Waals surface area contributed by atoms with Gasteiger partial charge in [-0.15, -0.1) is 0 Å². The number of hydrogen-bond donors (Lipinski definition) is 2. The van der Waals surface area contributed by atoms with Gasteiger partial charge in [-0.05, 0) is 25.2 Å². The fraction of sp³-hybridized carbons (Fsp3) is 0.967. The van der Waals surface area contributed by atoms with Crippen LogP contribution in [0.5, 0.6) is 0 Å². The number of rotatable bonds is 27. The first-order valence-electron chi connectivity index (χ1n) is 15.9. The normalized spacial score (nSPS) is 16.7. The minimum absolute atomic E-state index is 0.00684. The van der Waals surface area contributed by atoms with Crippen LogP contribution in [0.25, 0.3) is 0 Å². The number of nitrogens with one attached hydrogen (secondary N) is 1. The first-order valence-corrected chi connectivity index (χ1v) is 17.4. The summed E-state index contributed by atoms with van der Waals surface area (Å²) >= 11 is 0. The van der Waals surface area contributed by atoms with Gasteiger partial charge in [0, 0.05) is 25.7 Å². The number of unbranched alkanes of at least 4 members (excludes halogenated alkanes) is 14. The zero-order valence-corrected chi connectivity index (χ0v) is 25.4. The molecule has 0 bridgehead atoms. The number of quaternary nitrogens is 1. The highest BCUT2D eigenvalue weighted by atomic mass is 31.2. The molecule has 0 aromatic carbocycles. The number of ketones is 1. The van der Waals surface area contributed by atoms with E-state index in [4.69, 9.17) is 9.05 Å². The zero-order chi connectivity index (χ0) is 27.0. The highest BCUT2D eigenvalue weighted by molar-refractivity contribution is 7.47. The molecule has 2 unspecified atom stereocenters. The van der Waals surface area contributed by atoms with Crippen molar-refractivity contribution < 1.29 is 28.2 Å². The highest BCUT2D eigenvalue weighted by Crippen LogP contribution is 2.44. The molecule has 6 nitrogen and oxygen atoms in total. The van der Waals surface area contributed by atoms with E-state index in [1.165, 1.54) is 103 Å². The quantitative estimate of drug-likeness (QED) is 0.0827. The first-order chi connectivity index (χ1) is 18.0. The van der Waals surface area contributed by atoms with Crippen molar-refractivity contribution in [3.05, 3.63) is 0 Å². The van der Waals surface area contributed by atoms with Crippen molar-refractivity contribution in [2.75, 3.05) is 32.8 Å². The Bertz CT molecular complexity index is 582. The van der Waals surface area contributed by atoms with Gasteiger partial charge in [0.15, 0.2) is 0 Å². The minimum atomic E-state index is -4.06. The van der Waals surface area contributed by atoms with Gasteiger partial charge in [-0.2, -0.15) is 0 Å². The second kappa shape index (κ2) is 23.6. The maximum atomic E-state index is 12.3. The van der Waals surface area contributed by atoms with Crippen LogP contribution in [0.1, 0.15) is 149 Å². The Balaban J connectivity index is 2.09. The second-order valence-electron chi connectivity index (χ2n) is 11.4. The molecule has 220 valence electrons. The Labute approximate surface area is 229 Å². The average Bonchev–Trinajstić information content (AvgIpc) is 3.40. The maximum Gasteiger partial charge on any atom is 0.472 e. The number of Topliss-reactive ketones (excluding diaryl/α,β-unsaturated/α-hetero) is 1. The van der Waals surface area contributed by atoms with E-state index in [-0.39, 0.29) is 24.9 Å². The summed E-state index contributed by atoms with van der Waals surface area (Å²) in [5.41, 5.74) is 0. The van der Waals surface area contributed by atoms with Gasteiger partial charge in [-0.3, -0.25) is 13.8 Å². The summed E-state index contributed by atoms with van der Waals surface area (Å²) in [7, 11) is -4.06. The van der Waals surface area contributed by atoms with Gasteiger partial charge in [0.25, 0.3) is 0 Å². The number of carbonyl (C=O) groups excluding carboxylic acids is 1. The predicted molar refractivity (Wildman–Crippen MR) is 154 cm³/mol. The molecule has 7 heteroatoms. The van der Waals surface area contributed by atoms with E-state index >= 15 is 0 Å². The number of hydrogen-bond acceptors (Lipinski definition) is 4. The number of phosphoric ester groups is 1. The molecule has 1 aliphatic rings. The van der Waals surface area contributed by atoms with Gasteiger partial charge in [-0.1, -0.05) is 104 Å². The summed E-state index contributed by atoms with van der Waals surface area (Å²) in [4.78, 5) is 23.7. The Morgan fingerprint density at radius 3 is 1.86 bits per heavy atom. The molecule has 0 saturated carbocycles. The Morgan fingerprint density at radius 2 is 1.32 bits per heavy atom. The molecule has 0 spiro atoms. The molecular formula is C30H61NO5P+. The Hall–Kier alpha value is -0.260. The Kier molecular flexibility index (Phi) is 22.2. The van der Waals surface area contributed by atoms with E-state index in [2.05, 4.69) is 6.92 Å². The van der Waals surface area contributed by atoms with Crippen LogP contribution in [0.2, 0.25) is 0 Å². The highest BCUT2D eigenvalue weighted by Gasteiger charge is 2.24. The largest absolute Gasteiger partial charge is 0.472 e. The van der Waals surface area contributed by atoms with Crippen molar-refractivity contribution >= 4 is 13.6 Å². The lowest BCUT2D eigenvalue weighted by Gasteiger charge is -2.19. The number of likely N-dealkylation sites (tertiary alicyclic amines) is 1. The van der Waals surface area contributed by atoms with Gasteiger partial charge in [0.05, 0.1) is 32.8 Å². The SMILES string of the molecule is CCCCCCCCCCCCCCCCC(COP(=O)(O)OCCCC[NH+]1CCCC1)CC(=O)CC. The van der Waals surface area contributed by atoms with Gasteiger partial charge in [0.1, 0.15) is 5.78 Å². The van der Waals surface area contributed by atoms with Crippen LogP contribution in [0, 0.1) is 5.92 Å². The fourth-order valence-corrected chi connectivity index (χ4v) is 6.19. The molecule has 1 rings (SSSR count). The molecule has 0 aliphatic carbocycles. The molecule has 2 N–H and O–H groups in total. The van der Waals surface area contributed by atoms with Crippen LogP contribution in [-0.4, -0.2) is 43.5 Å². The lowest BCUT2D eigenvalue weighted by Crippen LogP contribution is -3.09. The van der Waals surface area contributed by atoms with Gasteiger partial charge in [0.2, 0.25) is 0 Å². The lowest BCUT2D eigenvalue weighted by molar-refractivity contribution is -0.887. The Morgan fingerprint density at radius 1 is 0.784 bits per heavy atom. The summed E-state index contributed by atoms with van der Waals surface area (Å²) < 4.78 is 22.8. The van der Waals surface area contributed by atoms with Crippen LogP contribution in [0.15, 0.2) is 0 Å². The van der Waals surface area contributed by atoms with E-state index < -0.39 is 7.82 Å². The van der Waals surface area contributed by atoms with Crippen LogP contribution < -0.4 is 4.90 Å². The first kappa shape index (κ1) is 34.8. The molecule has 2 atom stereocenters. The van der Waals surface area contributed by atoms with E-state index in [0.717, 1.165) is 38.6 Å². The molecule has 0 aromatic rings. The molecule has 1 fully saturated rings. The van der Waals surface area contributed by atoms with Crippen molar-refractivity contribution in [1.82, 2.24) is 0 Å². The monoisotopic (exact) mass is 546 g/mol. The number of carbonyl (C=O) groups is 1. The topological polar surface area (TPSA) is 77.3 Å². The van der Waals surface area contributed by atoms with Crippen molar-refractivity contribution in [3.8, 4) is 0 Å². The van der Waals surface area contributed by atoms with E-state index in [1.54, 1.807) is 4.90 Å². The maximum absolute atomic E-state index is 12.3. The van der Waals surface area contributed by atoms with Crippen LogP contribution in [0.3, 0.4) is 0 Å². The van der Waals surface area contributed by atoms with E-state index in [0.29, 0.717) is 12.8 Å². The molecule has 0 aromatic heterocycles. The standard InChI is InChI=1S/C30H60NO5P/c1-3-5-6-7-8-9-10-11-12-13-14-15-16-17-22-29(27-30(32)4-2)28-36-37(33,34)35-26-21-20-25-31-23-18-19-24-31/h29H,3-28H2,1-2H3,(H,33,34)/p+1. The van der Waals surface area contributed by atoms with Crippen molar-refractivity contribution in [2.24, 2.45) is 5.92 Å². The average molecular weight is 547 g/mol.